The van der Waals surface area contributed by atoms with E-state index in [1.807, 2.05) is 30.3 Å². The molecule has 128 valence electrons. The summed E-state index contributed by atoms with van der Waals surface area (Å²) in [5.41, 5.74) is 2.90. The van der Waals surface area contributed by atoms with Gasteiger partial charge in [0.15, 0.2) is 0 Å². The molecule has 1 aliphatic heterocycles. The quantitative estimate of drug-likeness (QED) is 0.652. The molecule has 2 aromatic carbocycles. The predicted octanol–water partition coefficient (Wildman–Crippen LogP) is 4.42. The predicted molar refractivity (Wildman–Crippen MR) is 99.8 cm³/mol. The van der Waals surface area contributed by atoms with Crippen LogP contribution in [0.15, 0.2) is 48.5 Å². The Morgan fingerprint density at radius 2 is 2.04 bits per heavy atom. The summed E-state index contributed by atoms with van der Waals surface area (Å²) in [5.74, 6) is -0.292. The third-order valence-electron chi connectivity index (χ3n) is 4.72. The first-order chi connectivity index (χ1) is 12.2. The Morgan fingerprint density at radius 1 is 1.24 bits per heavy atom. The highest BCUT2D eigenvalue weighted by Gasteiger charge is 2.28. The number of benzene rings is 2. The SMILES string of the molecule is COC(=O)c1ccc(CN2CCC[C@@H]2c2nc3ccccc3s2)cc1. The van der Waals surface area contributed by atoms with E-state index in [2.05, 4.69) is 23.1 Å². The summed E-state index contributed by atoms with van der Waals surface area (Å²) < 4.78 is 6.01. The molecule has 1 fully saturated rings. The van der Waals surface area contributed by atoms with Gasteiger partial charge in [0.05, 0.1) is 28.9 Å². The molecule has 3 aromatic rings. The van der Waals surface area contributed by atoms with Gasteiger partial charge in [-0.15, -0.1) is 11.3 Å². The maximum atomic E-state index is 11.6. The summed E-state index contributed by atoms with van der Waals surface area (Å²) >= 11 is 1.80. The number of hydrogen-bond donors (Lipinski definition) is 0. The van der Waals surface area contributed by atoms with Gasteiger partial charge < -0.3 is 4.74 Å². The highest BCUT2D eigenvalue weighted by Crippen LogP contribution is 2.37. The molecule has 0 bridgehead atoms. The molecule has 0 radical (unpaired) electrons. The molecule has 1 atom stereocenters. The average molecular weight is 352 g/mol. The fourth-order valence-electron chi connectivity index (χ4n) is 3.43. The number of likely N-dealkylation sites (tertiary alicyclic amines) is 1. The van der Waals surface area contributed by atoms with Crippen molar-refractivity contribution >= 4 is 27.5 Å². The maximum Gasteiger partial charge on any atom is 0.337 e. The second-order valence-electron chi connectivity index (χ2n) is 6.34. The van der Waals surface area contributed by atoms with E-state index in [-0.39, 0.29) is 5.97 Å². The third kappa shape index (κ3) is 3.30. The number of aromatic nitrogens is 1. The normalized spacial score (nSPS) is 17.9. The van der Waals surface area contributed by atoms with Crippen molar-refractivity contribution in [2.45, 2.75) is 25.4 Å². The molecule has 1 aliphatic rings. The molecular weight excluding hydrogens is 332 g/mol. The molecule has 5 heteroatoms. The number of fused-ring (bicyclic) bond motifs is 1. The molecule has 25 heavy (non-hydrogen) atoms. The summed E-state index contributed by atoms with van der Waals surface area (Å²) in [5, 5.41) is 1.21. The van der Waals surface area contributed by atoms with Crippen LogP contribution in [0.25, 0.3) is 10.2 Å². The molecule has 4 rings (SSSR count). The van der Waals surface area contributed by atoms with Crippen molar-refractivity contribution in [1.29, 1.82) is 0 Å². The number of thiazole rings is 1. The summed E-state index contributed by atoms with van der Waals surface area (Å²) in [6.45, 7) is 1.96. The number of carbonyl (C=O) groups excluding carboxylic acids is 1. The molecule has 0 aliphatic carbocycles. The lowest BCUT2D eigenvalue weighted by Gasteiger charge is -2.22. The first kappa shape index (κ1) is 16.2. The van der Waals surface area contributed by atoms with Crippen LogP contribution >= 0.6 is 11.3 Å². The Kier molecular flexibility index (Phi) is 4.51. The van der Waals surface area contributed by atoms with E-state index in [1.54, 1.807) is 11.3 Å². The lowest BCUT2D eigenvalue weighted by molar-refractivity contribution is 0.0600. The van der Waals surface area contributed by atoms with Crippen LogP contribution in [-0.2, 0) is 11.3 Å². The summed E-state index contributed by atoms with van der Waals surface area (Å²) in [4.78, 5) is 18.9. The highest BCUT2D eigenvalue weighted by atomic mass is 32.1. The minimum Gasteiger partial charge on any atom is -0.465 e. The molecule has 1 saturated heterocycles. The molecule has 1 aromatic heterocycles. The van der Waals surface area contributed by atoms with Gasteiger partial charge in [-0.2, -0.15) is 0 Å². The monoisotopic (exact) mass is 352 g/mol. The van der Waals surface area contributed by atoms with Crippen LogP contribution < -0.4 is 0 Å². The zero-order chi connectivity index (χ0) is 17.2. The van der Waals surface area contributed by atoms with Crippen LogP contribution in [-0.4, -0.2) is 29.5 Å². The van der Waals surface area contributed by atoms with Gasteiger partial charge >= 0.3 is 5.97 Å². The van der Waals surface area contributed by atoms with Crippen LogP contribution in [0.5, 0.6) is 0 Å². The zero-order valence-corrected chi connectivity index (χ0v) is 15.0. The molecule has 4 nitrogen and oxygen atoms in total. The Morgan fingerprint density at radius 3 is 2.80 bits per heavy atom. The second kappa shape index (κ2) is 6.94. The third-order valence-corrected chi connectivity index (χ3v) is 5.86. The van der Waals surface area contributed by atoms with E-state index in [0.717, 1.165) is 25.0 Å². The van der Waals surface area contributed by atoms with Crippen molar-refractivity contribution in [2.24, 2.45) is 0 Å². The van der Waals surface area contributed by atoms with Crippen molar-refractivity contribution in [2.75, 3.05) is 13.7 Å². The minimum atomic E-state index is -0.292. The standard InChI is InChI=1S/C20H20N2O2S/c1-24-20(23)15-10-8-14(9-11-15)13-22-12-4-6-17(22)19-21-16-5-2-3-7-18(16)25-19/h2-3,5,7-11,17H,4,6,12-13H2,1H3/t17-/m1/s1. The first-order valence-electron chi connectivity index (χ1n) is 8.51. The van der Waals surface area contributed by atoms with Crippen LogP contribution in [0.1, 0.15) is 39.8 Å². The molecule has 2 heterocycles. The summed E-state index contributed by atoms with van der Waals surface area (Å²) in [6.07, 6.45) is 2.35. The van der Waals surface area contributed by atoms with E-state index in [4.69, 9.17) is 9.72 Å². The topological polar surface area (TPSA) is 42.4 Å². The van der Waals surface area contributed by atoms with E-state index in [1.165, 1.54) is 28.8 Å². The molecule has 0 N–H and O–H groups in total. The number of para-hydroxylation sites is 1. The van der Waals surface area contributed by atoms with Gasteiger partial charge in [-0.1, -0.05) is 24.3 Å². The zero-order valence-electron chi connectivity index (χ0n) is 14.1. The lowest BCUT2D eigenvalue weighted by Crippen LogP contribution is -2.22. The van der Waals surface area contributed by atoms with Crippen LogP contribution in [0.2, 0.25) is 0 Å². The van der Waals surface area contributed by atoms with E-state index < -0.39 is 0 Å². The molecule has 0 amide bonds. The number of hydrogen-bond acceptors (Lipinski definition) is 5. The number of rotatable bonds is 4. The fraction of sp³-hybridized carbons (Fsp3) is 0.300. The van der Waals surface area contributed by atoms with Crippen molar-refractivity contribution < 1.29 is 9.53 Å². The highest BCUT2D eigenvalue weighted by molar-refractivity contribution is 7.18. The van der Waals surface area contributed by atoms with Gasteiger partial charge in [0.2, 0.25) is 0 Å². The van der Waals surface area contributed by atoms with Crippen LogP contribution in [0.4, 0.5) is 0 Å². The van der Waals surface area contributed by atoms with Crippen molar-refractivity contribution in [3.63, 3.8) is 0 Å². The molecule has 0 unspecified atom stereocenters. The molecule has 0 saturated carbocycles. The van der Waals surface area contributed by atoms with E-state index >= 15 is 0 Å². The van der Waals surface area contributed by atoms with Crippen molar-refractivity contribution in [3.05, 3.63) is 64.7 Å². The number of esters is 1. The molecular formula is C20H20N2O2S. The van der Waals surface area contributed by atoms with E-state index in [0.29, 0.717) is 11.6 Å². The second-order valence-corrected chi connectivity index (χ2v) is 7.40. The van der Waals surface area contributed by atoms with Gasteiger partial charge in [-0.05, 0) is 49.2 Å². The fourth-order valence-corrected chi connectivity index (χ4v) is 4.56. The summed E-state index contributed by atoms with van der Waals surface area (Å²) in [6, 6.07) is 16.4. The van der Waals surface area contributed by atoms with Gasteiger partial charge in [0, 0.05) is 6.54 Å². The van der Waals surface area contributed by atoms with Gasteiger partial charge in [-0.25, -0.2) is 9.78 Å². The van der Waals surface area contributed by atoms with Gasteiger partial charge in [-0.3, -0.25) is 4.90 Å². The van der Waals surface area contributed by atoms with Crippen LogP contribution in [0, 0.1) is 0 Å². The Hall–Kier alpha value is -2.24. The van der Waals surface area contributed by atoms with Gasteiger partial charge in [0.1, 0.15) is 5.01 Å². The van der Waals surface area contributed by atoms with Crippen molar-refractivity contribution in [3.8, 4) is 0 Å². The number of nitrogens with zero attached hydrogens (tertiary/aromatic N) is 2. The Balaban J connectivity index is 1.52. The average Bonchev–Trinajstić information content (AvgIpc) is 3.27. The van der Waals surface area contributed by atoms with Crippen LogP contribution in [0.3, 0.4) is 0 Å². The lowest BCUT2D eigenvalue weighted by atomic mass is 10.1. The Bertz CT molecular complexity index is 855. The number of carbonyl (C=O) groups is 1. The molecule has 0 spiro atoms. The smallest absolute Gasteiger partial charge is 0.337 e. The van der Waals surface area contributed by atoms with Gasteiger partial charge in [0.25, 0.3) is 0 Å². The van der Waals surface area contributed by atoms with Crippen molar-refractivity contribution in [1.82, 2.24) is 9.88 Å². The van der Waals surface area contributed by atoms with E-state index in [9.17, 15) is 4.79 Å². The largest absolute Gasteiger partial charge is 0.465 e. The summed E-state index contributed by atoms with van der Waals surface area (Å²) in [7, 11) is 1.41. The minimum absolute atomic E-state index is 0.292. The Labute approximate surface area is 151 Å². The number of methoxy groups -OCH3 is 1. The first-order valence-corrected chi connectivity index (χ1v) is 9.33. The number of ether oxygens (including phenoxy) is 1. The maximum absolute atomic E-state index is 11.6.